The lowest BCUT2D eigenvalue weighted by atomic mass is 10.1. The molecule has 21 heavy (non-hydrogen) atoms. The van der Waals surface area contributed by atoms with E-state index in [1.165, 1.54) is 0 Å². The molecule has 0 bridgehead atoms. The van der Waals surface area contributed by atoms with E-state index in [-0.39, 0.29) is 11.5 Å². The molecule has 0 saturated carbocycles. The zero-order chi connectivity index (χ0) is 14.8. The molecule has 104 valence electrons. The van der Waals surface area contributed by atoms with Gasteiger partial charge in [0.05, 0.1) is 26.8 Å². The molecular weight excluding hydrogens is 307 g/mol. The number of carbonyl (C=O) groups excluding carboxylic acids is 1. The number of fused-ring (bicyclic) bond motifs is 1. The van der Waals surface area contributed by atoms with E-state index in [0.29, 0.717) is 15.7 Å². The molecule has 0 fully saturated rings. The minimum Gasteiger partial charge on any atom is -0.321 e. The molecule has 5 heteroatoms. The Morgan fingerprint density at radius 3 is 2.43 bits per heavy atom. The molecule has 0 aliphatic heterocycles. The highest BCUT2D eigenvalue weighted by Gasteiger charge is 2.15. The summed E-state index contributed by atoms with van der Waals surface area (Å²) < 4.78 is 0. The number of pyridine rings is 1. The number of hydrogen-bond donors (Lipinski definition) is 1. The molecule has 1 aromatic heterocycles. The summed E-state index contributed by atoms with van der Waals surface area (Å²) >= 11 is 12.1. The normalized spacial score (nSPS) is 10.6. The van der Waals surface area contributed by atoms with Gasteiger partial charge in [0.25, 0.3) is 5.91 Å². The van der Waals surface area contributed by atoms with Crippen LogP contribution in [0, 0.1) is 0 Å². The third kappa shape index (κ3) is 2.71. The van der Waals surface area contributed by atoms with Gasteiger partial charge in [-0.15, -0.1) is 0 Å². The molecule has 0 atom stereocenters. The Kier molecular flexibility index (Phi) is 3.78. The second-order valence-electron chi connectivity index (χ2n) is 4.43. The van der Waals surface area contributed by atoms with Crippen molar-refractivity contribution in [3.05, 3.63) is 70.3 Å². The Balaban J connectivity index is 2.01. The molecule has 1 N–H and O–H groups in total. The predicted octanol–water partition coefficient (Wildman–Crippen LogP) is 4.79. The molecular formula is C16H10Cl2N2O. The van der Waals surface area contributed by atoms with E-state index >= 15 is 0 Å². The van der Waals surface area contributed by atoms with Crippen LogP contribution in [0.4, 0.5) is 5.69 Å². The van der Waals surface area contributed by atoms with E-state index in [1.807, 2.05) is 30.3 Å². The van der Waals surface area contributed by atoms with Gasteiger partial charge in [0.2, 0.25) is 0 Å². The first-order valence-corrected chi connectivity index (χ1v) is 7.01. The van der Waals surface area contributed by atoms with Gasteiger partial charge < -0.3 is 5.32 Å². The van der Waals surface area contributed by atoms with Crippen LogP contribution in [0.3, 0.4) is 0 Å². The Hall–Kier alpha value is -2.10. The maximum Gasteiger partial charge on any atom is 0.258 e. The maximum atomic E-state index is 12.4. The van der Waals surface area contributed by atoms with Crippen molar-refractivity contribution in [2.75, 3.05) is 5.32 Å². The number of nitrogens with zero attached hydrogens (tertiary/aromatic N) is 1. The van der Waals surface area contributed by atoms with Crippen molar-refractivity contribution in [3.63, 3.8) is 0 Å². The lowest BCUT2D eigenvalue weighted by molar-refractivity contribution is 0.102. The number of benzene rings is 2. The Labute approximate surface area is 131 Å². The van der Waals surface area contributed by atoms with Crippen LogP contribution >= 0.6 is 23.2 Å². The van der Waals surface area contributed by atoms with Crippen LogP contribution in [0.25, 0.3) is 10.9 Å². The number of amides is 1. The molecule has 0 aliphatic rings. The lowest BCUT2D eigenvalue weighted by Crippen LogP contribution is -2.13. The van der Waals surface area contributed by atoms with Gasteiger partial charge in [0, 0.05) is 11.6 Å². The van der Waals surface area contributed by atoms with Gasteiger partial charge in [-0.2, -0.15) is 0 Å². The molecule has 3 aromatic rings. The minimum absolute atomic E-state index is 0.265. The van der Waals surface area contributed by atoms with Crippen molar-refractivity contribution in [1.29, 1.82) is 0 Å². The highest BCUT2D eigenvalue weighted by atomic mass is 35.5. The van der Waals surface area contributed by atoms with Crippen molar-refractivity contribution in [3.8, 4) is 0 Å². The van der Waals surface area contributed by atoms with Crippen LogP contribution in [0.5, 0.6) is 0 Å². The first-order chi connectivity index (χ1) is 10.2. The predicted molar refractivity (Wildman–Crippen MR) is 86.2 cm³/mol. The number of nitrogens with one attached hydrogen (secondary N) is 1. The third-order valence-electron chi connectivity index (χ3n) is 3.08. The summed E-state index contributed by atoms with van der Waals surface area (Å²) in [5.74, 6) is -0.345. The van der Waals surface area contributed by atoms with Crippen molar-refractivity contribution in [2.24, 2.45) is 0 Å². The first kappa shape index (κ1) is 13.9. The summed E-state index contributed by atoms with van der Waals surface area (Å²) in [6, 6.07) is 14.2. The SMILES string of the molecule is O=C(Nc1cccc2ncccc12)c1c(Cl)cccc1Cl. The van der Waals surface area contributed by atoms with Crippen molar-refractivity contribution < 1.29 is 4.79 Å². The highest BCUT2D eigenvalue weighted by molar-refractivity contribution is 6.40. The number of rotatable bonds is 2. The summed E-state index contributed by atoms with van der Waals surface area (Å²) in [7, 11) is 0. The average molecular weight is 317 g/mol. The summed E-state index contributed by atoms with van der Waals surface area (Å²) in [6.45, 7) is 0. The zero-order valence-electron chi connectivity index (χ0n) is 10.8. The molecule has 3 rings (SSSR count). The minimum atomic E-state index is -0.345. The number of hydrogen-bond acceptors (Lipinski definition) is 2. The smallest absolute Gasteiger partial charge is 0.258 e. The topological polar surface area (TPSA) is 42.0 Å². The molecule has 0 spiro atoms. The zero-order valence-corrected chi connectivity index (χ0v) is 12.3. The molecule has 2 aromatic carbocycles. The van der Waals surface area contributed by atoms with Crippen molar-refractivity contribution in [1.82, 2.24) is 4.98 Å². The quantitative estimate of drug-likeness (QED) is 0.738. The summed E-state index contributed by atoms with van der Waals surface area (Å²) in [5, 5.41) is 4.33. The molecule has 0 aliphatic carbocycles. The number of halogens is 2. The van der Waals surface area contributed by atoms with Gasteiger partial charge in [-0.05, 0) is 36.4 Å². The monoisotopic (exact) mass is 316 g/mol. The Bertz CT molecular complexity index is 808. The number of carbonyl (C=O) groups is 1. The van der Waals surface area contributed by atoms with Crippen molar-refractivity contribution >= 4 is 45.7 Å². The van der Waals surface area contributed by atoms with Crippen LogP contribution in [0.2, 0.25) is 10.0 Å². The van der Waals surface area contributed by atoms with E-state index in [1.54, 1.807) is 24.4 Å². The summed E-state index contributed by atoms with van der Waals surface area (Å²) in [4.78, 5) is 16.7. The molecule has 0 saturated heterocycles. The van der Waals surface area contributed by atoms with Crippen LogP contribution < -0.4 is 5.32 Å². The molecule has 3 nitrogen and oxygen atoms in total. The van der Waals surface area contributed by atoms with Gasteiger partial charge in [0.15, 0.2) is 0 Å². The number of anilines is 1. The maximum absolute atomic E-state index is 12.4. The Morgan fingerprint density at radius 1 is 0.952 bits per heavy atom. The number of aromatic nitrogens is 1. The van der Waals surface area contributed by atoms with E-state index in [0.717, 1.165) is 10.9 Å². The lowest BCUT2D eigenvalue weighted by Gasteiger charge is -2.10. The molecule has 1 amide bonds. The van der Waals surface area contributed by atoms with Gasteiger partial charge in [0.1, 0.15) is 0 Å². The Morgan fingerprint density at radius 2 is 1.67 bits per heavy atom. The molecule has 1 heterocycles. The second kappa shape index (κ2) is 5.72. The first-order valence-electron chi connectivity index (χ1n) is 6.26. The fourth-order valence-electron chi connectivity index (χ4n) is 2.11. The van der Waals surface area contributed by atoms with Crippen LogP contribution in [0.1, 0.15) is 10.4 Å². The third-order valence-corrected chi connectivity index (χ3v) is 3.71. The van der Waals surface area contributed by atoms with Crippen LogP contribution in [0.15, 0.2) is 54.7 Å². The van der Waals surface area contributed by atoms with E-state index < -0.39 is 0 Å². The van der Waals surface area contributed by atoms with Crippen LogP contribution in [-0.2, 0) is 0 Å². The molecule has 0 unspecified atom stereocenters. The summed E-state index contributed by atoms with van der Waals surface area (Å²) in [5.41, 5.74) is 1.74. The van der Waals surface area contributed by atoms with E-state index in [9.17, 15) is 4.79 Å². The fourth-order valence-corrected chi connectivity index (χ4v) is 2.68. The highest BCUT2D eigenvalue weighted by Crippen LogP contribution is 2.27. The largest absolute Gasteiger partial charge is 0.321 e. The fraction of sp³-hybridized carbons (Fsp3) is 0. The second-order valence-corrected chi connectivity index (χ2v) is 5.24. The average Bonchev–Trinajstić information content (AvgIpc) is 2.47. The standard InChI is InChI=1S/C16H10Cl2N2O/c17-11-5-1-6-12(18)15(11)16(21)20-14-8-2-7-13-10(14)4-3-9-19-13/h1-9H,(H,20,21). The van der Waals surface area contributed by atoms with E-state index in [4.69, 9.17) is 23.2 Å². The van der Waals surface area contributed by atoms with Gasteiger partial charge in [-0.3, -0.25) is 9.78 Å². The van der Waals surface area contributed by atoms with Gasteiger partial charge in [-0.1, -0.05) is 35.3 Å². The van der Waals surface area contributed by atoms with Gasteiger partial charge in [-0.25, -0.2) is 0 Å². The van der Waals surface area contributed by atoms with Gasteiger partial charge >= 0.3 is 0 Å². The van der Waals surface area contributed by atoms with E-state index in [2.05, 4.69) is 10.3 Å². The molecule has 0 radical (unpaired) electrons. The van der Waals surface area contributed by atoms with Crippen LogP contribution in [-0.4, -0.2) is 10.9 Å². The van der Waals surface area contributed by atoms with Crippen molar-refractivity contribution in [2.45, 2.75) is 0 Å². The summed E-state index contributed by atoms with van der Waals surface area (Å²) in [6.07, 6.45) is 1.71.